The van der Waals surface area contributed by atoms with Gasteiger partial charge < -0.3 is 24.0 Å². The van der Waals surface area contributed by atoms with Crippen molar-refractivity contribution >= 4 is 11.6 Å². The van der Waals surface area contributed by atoms with Crippen LogP contribution in [0.3, 0.4) is 0 Å². The van der Waals surface area contributed by atoms with Crippen molar-refractivity contribution in [3.05, 3.63) is 54.2 Å². The lowest BCUT2D eigenvalue weighted by atomic mass is 10.1. The third-order valence-electron chi connectivity index (χ3n) is 5.57. The Bertz CT molecular complexity index is 1070. The Balaban J connectivity index is 1.44. The number of ether oxygens (including phenoxy) is 3. The molecule has 1 amide bonds. The number of carbonyl (C=O) groups is 1. The second kappa shape index (κ2) is 9.64. The SMILES string of the molecule is CCOc1ccccc1N1CCN(C(=O)c2cc(-c3ccc(OC)cc3OC)n[nH]2)CC1. The highest BCUT2D eigenvalue weighted by Gasteiger charge is 2.25. The first-order chi connectivity index (χ1) is 15.6. The van der Waals surface area contributed by atoms with E-state index in [0.717, 1.165) is 30.1 Å². The van der Waals surface area contributed by atoms with Gasteiger partial charge >= 0.3 is 0 Å². The molecule has 1 N–H and O–H groups in total. The van der Waals surface area contributed by atoms with E-state index in [0.29, 0.717) is 42.6 Å². The fourth-order valence-corrected chi connectivity index (χ4v) is 3.90. The summed E-state index contributed by atoms with van der Waals surface area (Å²) in [4.78, 5) is 17.2. The molecule has 1 fully saturated rings. The molecule has 4 rings (SSSR count). The number of hydrogen-bond donors (Lipinski definition) is 1. The monoisotopic (exact) mass is 436 g/mol. The predicted octanol–water partition coefficient (Wildman–Crippen LogP) is 3.46. The number of nitrogens with zero attached hydrogens (tertiary/aromatic N) is 3. The summed E-state index contributed by atoms with van der Waals surface area (Å²) >= 11 is 0. The minimum Gasteiger partial charge on any atom is -0.497 e. The summed E-state index contributed by atoms with van der Waals surface area (Å²) in [5.41, 5.74) is 2.97. The van der Waals surface area contributed by atoms with Crippen molar-refractivity contribution in [2.24, 2.45) is 0 Å². The van der Waals surface area contributed by atoms with Gasteiger partial charge in [0, 0.05) is 37.8 Å². The maximum absolute atomic E-state index is 13.1. The molecule has 0 bridgehead atoms. The largest absolute Gasteiger partial charge is 0.497 e. The van der Waals surface area contributed by atoms with Crippen molar-refractivity contribution in [1.29, 1.82) is 0 Å². The van der Waals surface area contributed by atoms with Gasteiger partial charge in [0.15, 0.2) is 0 Å². The van der Waals surface area contributed by atoms with E-state index in [1.165, 1.54) is 0 Å². The number of aromatic nitrogens is 2. The van der Waals surface area contributed by atoms with E-state index in [1.807, 2.05) is 42.2 Å². The van der Waals surface area contributed by atoms with Gasteiger partial charge in [0.25, 0.3) is 5.91 Å². The molecule has 1 aliphatic heterocycles. The van der Waals surface area contributed by atoms with Gasteiger partial charge in [0.2, 0.25) is 0 Å². The van der Waals surface area contributed by atoms with Crippen LogP contribution in [0, 0.1) is 0 Å². The lowest BCUT2D eigenvalue weighted by molar-refractivity contribution is 0.0740. The zero-order valence-electron chi connectivity index (χ0n) is 18.6. The third kappa shape index (κ3) is 4.34. The van der Waals surface area contributed by atoms with Crippen molar-refractivity contribution in [2.75, 3.05) is 51.9 Å². The molecule has 1 aromatic heterocycles. The summed E-state index contributed by atoms with van der Waals surface area (Å²) in [6.07, 6.45) is 0. The molecule has 168 valence electrons. The molecule has 2 aromatic carbocycles. The lowest BCUT2D eigenvalue weighted by Gasteiger charge is -2.36. The van der Waals surface area contributed by atoms with Gasteiger partial charge in [-0.1, -0.05) is 12.1 Å². The second-order valence-electron chi connectivity index (χ2n) is 7.41. The van der Waals surface area contributed by atoms with Crippen LogP contribution >= 0.6 is 0 Å². The van der Waals surface area contributed by atoms with Crippen LogP contribution in [-0.2, 0) is 0 Å². The van der Waals surface area contributed by atoms with Crippen LogP contribution < -0.4 is 19.1 Å². The van der Waals surface area contributed by atoms with Crippen molar-refractivity contribution < 1.29 is 19.0 Å². The minimum atomic E-state index is -0.0611. The predicted molar refractivity (Wildman–Crippen MR) is 123 cm³/mol. The molecule has 3 aromatic rings. The molecule has 0 atom stereocenters. The van der Waals surface area contributed by atoms with Crippen molar-refractivity contribution in [1.82, 2.24) is 15.1 Å². The molecule has 8 heteroatoms. The Kier molecular flexibility index (Phi) is 6.49. The summed E-state index contributed by atoms with van der Waals surface area (Å²) in [5, 5.41) is 7.23. The van der Waals surface area contributed by atoms with E-state index < -0.39 is 0 Å². The van der Waals surface area contributed by atoms with Crippen LogP contribution in [0.2, 0.25) is 0 Å². The van der Waals surface area contributed by atoms with Gasteiger partial charge in [-0.25, -0.2) is 0 Å². The molecule has 0 unspecified atom stereocenters. The summed E-state index contributed by atoms with van der Waals surface area (Å²) in [6.45, 7) is 5.33. The Hall–Kier alpha value is -3.68. The number of amides is 1. The van der Waals surface area contributed by atoms with E-state index in [9.17, 15) is 4.79 Å². The third-order valence-corrected chi connectivity index (χ3v) is 5.57. The Morgan fingerprint density at radius 1 is 1.00 bits per heavy atom. The summed E-state index contributed by atoms with van der Waals surface area (Å²) in [6, 6.07) is 15.3. The molecule has 0 spiro atoms. The zero-order chi connectivity index (χ0) is 22.5. The highest BCUT2D eigenvalue weighted by Crippen LogP contribution is 2.33. The lowest BCUT2D eigenvalue weighted by Crippen LogP contribution is -2.49. The van der Waals surface area contributed by atoms with Crippen LogP contribution in [0.25, 0.3) is 11.3 Å². The number of carbonyl (C=O) groups excluding carboxylic acids is 1. The molecular formula is C24H28N4O4. The number of benzene rings is 2. The van der Waals surface area contributed by atoms with Gasteiger partial charge in [0.05, 0.1) is 32.2 Å². The summed E-state index contributed by atoms with van der Waals surface area (Å²) < 4.78 is 16.5. The van der Waals surface area contributed by atoms with Crippen molar-refractivity contribution in [3.8, 4) is 28.5 Å². The van der Waals surface area contributed by atoms with E-state index in [1.54, 1.807) is 26.4 Å². The molecule has 0 saturated carbocycles. The summed E-state index contributed by atoms with van der Waals surface area (Å²) in [7, 11) is 3.20. The molecule has 0 aliphatic carbocycles. The van der Waals surface area contributed by atoms with Crippen LogP contribution in [0.4, 0.5) is 5.69 Å². The normalized spacial score (nSPS) is 13.7. The number of aromatic amines is 1. The Morgan fingerprint density at radius 2 is 1.78 bits per heavy atom. The maximum atomic E-state index is 13.1. The molecule has 2 heterocycles. The minimum absolute atomic E-state index is 0.0611. The zero-order valence-corrected chi connectivity index (χ0v) is 18.6. The van der Waals surface area contributed by atoms with Crippen LogP contribution in [0.5, 0.6) is 17.2 Å². The summed E-state index contributed by atoms with van der Waals surface area (Å²) in [5.74, 6) is 2.15. The second-order valence-corrected chi connectivity index (χ2v) is 7.41. The van der Waals surface area contributed by atoms with E-state index in [4.69, 9.17) is 14.2 Å². The molecular weight excluding hydrogens is 408 g/mol. The van der Waals surface area contributed by atoms with Gasteiger partial charge in [-0.3, -0.25) is 9.89 Å². The average Bonchev–Trinajstić information content (AvgIpc) is 3.34. The number of rotatable bonds is 7. The number of H-pyrrole nitrogens is 1. The highest BCUT2D eigenvalue weighted by molar-refractivity contribution is 5.93. The standard InChI is InChI=1S/C24H28N4O4/c1-4-32-22-8-6-5-7-21(22)27-11-13-28(14-12-27)24(29)20-16-19(25-26-20)18-10-9-17(30-2)15-23(18)31-3/h5-10,15-16H,4,11-14H2,1-3H3,(H,25,26). The number of methoxy groups -OCH3 is 2. The van der Waals surface area contributed by atoms with Crippen LogP contribution in [0.1, 0.15) is 17.4 Å². The molecule has 0 radical (unpaired) electrons. The number of anilines is 1. The first-order valence-corrected chi connectivity index (χ1v) is 10.7. The number of nitrogens with one attached hydrogen (secondary N) is 1. The smallest absolute Gasteiger partial charge is 0.272 e. The van der Waals surface area contributed by atoms with Crippen molar-refractivity contribution in [3.63, 3.8) is 0 Å². The fraction of sp³-hybridized carbons (Fsp3) is 0.333. The number of para-hydroxylation sites is 2. The first kappa shape index (κ1) is 21.5. The maximum Gasteiger partial charge on any atom is 0.272 e. The molecule has 1 saturated heterocycles. The van der Waals surface area contributed by atoms with Gasteiger partial charge in [0.1, 0.15) is 22.9 Å². The quantitative estimate of drug-likeness (QED) is 0.611. The Labute approximate surface area is 187 Å². The first-order valence-electron chi connectivity index (χ1n) is 10.7. The van der Waals surface area contributed by atoms with E-state index in [2.05, 4.69) is 21.2 Å². The highest BCUT2D eigenvalue weighted by atomic mass is 16.5. The molecule has 32 heavy (non-hydrogen) atoms. The fourth-order valence-electron chi connectivity index (χ4n) is 3.90. The van der Waals surface area contributed by atoms with E-state index in [-0.39, 0.29) is 5.91 Å². The number of piperazine rings is 1. The van der Waals surface area contributed by atoms with Crippen LogP contribution in [0.15, 0.2) is 48.5 Å². The topological polar surface area (TPSA) is 79.9 Å². The average molecular weight is 437 g/mol. The molecule has 1 aliphatic rings. The van der Waals surface area contributed by atoms with E-state index >= 15 is 0 Å². The van der Waals surface area contributed by atoms with Gasteiger partial charge in [-0.15, -0.1) is 0 Å². The molecule has 8 nitrogen and oxygen atoms in total. The van der Waals surface area contributed by atoms with Crippen molar-refractivity contribution in [2.45, 2.75) is 6.92 Å². The van der Waals surface area contributed by atoms with Gasteiger partial charge in [-0.2, -0.15) is 5.10 Å². The van der Waals surface area contributed by atoms with Crippen LogP contribution in [-0.4, -0.2) is 68.0 Å². The van der Waals surface area contributed by atoms with Gasteiger partial charge in [-0.05, 0) is 37.3 Å². The Morgan fingerprint density at radius 3 is 2.50 bits per heavy atom. The number of hydrogen-bond acceptors (Lipinski definition) is 6.